The quantitative estimate of drug-likeness (QED) is 0.492. The molecule has 0 atom stereocenters. The molecule has 0 amide bonds. The molecule has 2 aromatic rings. The predicted molar refractivity (Wildman–Crippen MR) is 107 cm³/mol. The summed E-state index contributed by atoms with van der Waals surface area (Å²) in [7, 11) is 0. The molecule has 0 fully saturated rings. The maximum absolute atomic E-state index is 13.7. The highest BCUT2D eigenvalue weighted by Gasteiger charge is 2.37. The van der Waals surface area contributed by atoms with Crippen LogP contribution >= 0.6 is 0 Å². The van der Waals surface area contributed by atoms with E-state index in [4.69, 9.17) is 4.74 Å². The van der Waals surface area contributed by atoms with Gasteiger partial charge in [0.05, 0.1) is 5.56 Å². The third-order valence-electron chi connectivity index (χ3n) is 4.41. The molecule has 30 heavy (non-hydrogen) atoms. The molecule has 1 aromatic heterocycles. The van der Waals surface area contributed by atoms with Crippen LogP contribution < -0.4 is 0 Å². The minimum absolute atomic E-state index is 0.0648. The Hall–Kier alpha value is -2.64. The highest BCUT2D eigenvalue weighted by atomic mass is 19.4. The average molecular weight is 424 g/mol. The number of hydrogen-bond acceptors (Lipinski definition) is 4. The van der Waals surface area contributed by atoms with Crippen LogP contribution in [0.15, 0.2) is 18.2 Å². The lowest BCUT2D eigenvalue weighted by Gasteiger charge is -2.22. The van der Waals surface area contributed by atoms with Gasteiger partial charge in [0, 0.05) is 23.2 Å². The highest BCUT2D eigenvalue weighted by molar-refractivity contribution is 5.89. The van der Waals surface area contributed by atoms with Gasteiger partial charge in [0.1, 0.15) is 11.4 Å². The van der Waals surface area contributed by atoms with Crippen molar-refractivity contribution in [2.24, 2.45) is 0 Å². The van der Waals surface area contributed by atoms with E-state index in [2.05, 4.69) is 4.98 Å². The fraction of sp³-hybridized carbons (Fsp3) is 0.500. The maximum atomic E-state index is 13.7. The van der Waals surface area contributed by atoms with Crippen molar-refractivity contribution in [3.8, 4) is 0 Å². The van der Waals surface area contributed by atoms with Crippen molar-refractivity contribution in [1.82, 2.24) is 9.55 Å². The van der Waals surface area contributed by atoms with E-state index in [0.717, 1.165) is 6.07 Å². The van der Waals surface area contributed by atoms with Crippen molar-refractivity contribution < 1.29 is 27.5 Å². The van der Waals surface area contributed by atoms with Gasteiger partial charge in [-0.3, -0.25) is 4.79 Å². The van der Waals surface area contributed by atoms with E-state index < -0.39 is 34.3 Å². The molecule has 0 aliphatic carbocycles. The van der Waals surface area contributed by atoms with Gasteiger partial charge in [0.2, 0.25) is 0 Å². The normalized spacial score (nSPS) is 12.7. The summed E-state index contributed by atoms with van der Waals surface area (Å²) in [5.74, 6) is -0.188. The molecule has 0 N–H and O–H groups in total. The zero-order chi connectivity index (χ0) is 23.1. The Labute approximate surface area is 174 Å². The zero-order valence-electron chi connectivity index (χ0n) is 18.3. The number of carbonyl (C=O) groups excluding carboxylic acids is 2. The monoisotopic (exact) mass is 424 g/mol. The van der Waals surface area contributed by atoms with Gasteiger partial charge in [0.25, 0.3) is 0 Å². The minimum Gasteiger partial charge on any atom is -0.455 e. The zero-order valence-corrected chi connectivity index (χ0v) is 18.3. The lowest BCUT2D eigenvalue weighted by Crippen LogP contribution is -2.24. The summed E-state index contributed by atoms with van der Waals surface area (Å²) in [5, 5.41) is 0. The molecule has 0 bridgehead atoms. The summed E-state index contributed by atoms with van der Waals surface area (Å²) < 4.78 is 48.1. The first-order valence-electron chi connectivity index (χ1n) is 9.51. The second-order valence-corrected chi connectivity index (χ2v) is 9.20. The molecule has 5 nitrogen and oxygen atoms in total. The molecule has 1 heterocycles. The van der Waals surface area contributed by atoms with E-state index in [1.165, 1.54) is 12.1 Å². The van der Waals surface area contributed by atoms with Crippen LogP contribution in [0.5, 0.6) is 0 Å². The van der Waals surface area contributed by atoms with Gasteiger partial charge in [-0.15, -0.1) is 0 Å². The Morgan fingerprint density at radius 2 is 1.73 bits per heavy atom. The second kappa shape index (κ2) is 7.89. The first kappa shape index (κ1) is 23.6. The van der Waals surface area contributed by atoms with Gasteiger partial charge in [-0.1, -0.05) is 39.0 Å². The van der Waals surface area contributed by atoms with E-state index in [-0.39, 0.29) is 24.1 Å². The average Bonchev–Trinajstić information content (AvgIpc) is 2.89. The second-order valence-electron chi connectivity index (χ2n) is 9.20. The molecule has 0 unspecified atom stereocenters. The molecule has 0 saturated carbocycles. The van der Waals surface area contributed by atoms with Crippen LogP contribution in [0.25, 0.3) is 0 Å². The summed E-state index contributed by atoms with van der Waals surface area (Å²) >= 11 is 0. The molecular weight excluding hydrogens is 397 g/mol. The van der Waals surface area contributed by atoms with Gasteiger partial charge < -0.3 is 9.30 Å². The van der Waals surface area contributed by atoms with Gasteiger partial charge in [0.15, 0.2) is 12.0 Å². The molecule has 0 radical (unpaired) electrons. The van der Waals surface area contributed by atoms with E-state index in [1.807, 2.05) is 20.8 Å². The summed E-state index contributed by atoms with van der Waals surface area (Å²) in [5.41, 5.74) is -2.31. The number of nitrogens with zero attached hydrogens (tertiary/aromatic N) is 2. The summed E-state index contributed by atoms with van der Waals surface area (Å²) in [6.07, 6.45) is -4.50. The number of imidazole rings is 1. The Balaban J connectivity index is 2.66. The summed E-state index contributed by atoms with van der Waals surface area (Å²) in [6, 6.07) is 3.87. The largest absolute Gasteiger partial charge is 0.455 e. The van der Waals surface area contributed by atoms with Crippen LogP contribution in [-0.4, -0.2) is 27.4 Å². The predicted octanol–water partition coefficient (Wildman–Crippen LogP) is 5.32. The Kier molecular flexibility index (Phi) is 6.21. The van der Waals surface area contributed by atoms with Crippen molar-refractivity contribution in [3.05, 3.63) is 52.1 Å². The smallest absolute Gasteiger partial charge is 0.417 e. The van der Waals surface area contributed by atoms with Gasteiger partial charge in [-0.05, 0) is 33.3 Å². The number of benzene rings is 1. The number of carbonyl (C=O) groups is 2. The van der Waals surface area contributed by atoms with Crippen LogP contribution in [0.1, 0.15) is 85.0 Å². The maximum Gasteiger partial charge on any atom is 0.417 e. The molecule has 0 aliphatic rings. The Bertz CT molecular complexity index is 962. The Morgan fingerprint density at radius 3 is 2.20 bits per heavy atom. The topological polar surface area (TPSA) is 61.2 Å². The first-order valence-corrected chi connectivity index (χ1v) is 9.51. The molecule has 1 aromatic carbocycles. The van der Waals surface area contributed by atoms with Gasteiger partial charge in [-0.25, -0.2) is 9.78 Å². The fourth-order valence-electron chi connectivity index (χ4n) is 3.19. The number of rotatable bonds is 4. The number of halogens is 3. The number of hydrogen-bond donors (Lipinski definition) is 0. The molecular formula is C22H27F3N2O3. The number of esters is 1. The molecule has 0 spiro atoms. The van der Waals surface area contributed by atoms with Crippen molar-refractivity contribution in [3.63, 3.8) is 0 Å². The van der Waals surface area contributed by atoms with E-state index in [1.54, 1.807) is 32.3 Å². The number of aromatic nitrogens is 2. The lowest BCUT2D eigenvalue weighted by atomic mass is 9.95. The fourth-order valence-corrected chi connectivity index (χ4v) is 3.19. The number of aldehydes is 1. The minimum atomic E-state index is -4.70. The molecule has 0 aliphatic heterocycles. The number of ether oxygens (including phenoxy) is 1. The van der Waals surface area contributed by atoms with Crippen LogP contribution in [0.4, 0.5) is 13.2 Å². The van der Waals surface area contributed by atoms with Gasteiger partial charge >= 0.3 is 12.1 Å². The lowest BCUT2D eigenvalue weighted by molar-refractivity contribution is -0.138. The first-order chi connectivity index (χ1) is 13.6. The molecule has 0 saturated heterocycles. The molecule has 164 valence electrons. The van der Waals surface area contributed by atoms with Crippen molar-refractivity contribution >= 4 is 12.3 Å². The van der Waals surface area contributed by atoms with E-state index in [0.29, 0.717) is 11.5 Å². The third-order valence-corrected chi connectivity index (χ3v) is 4.41. The molecule has 2 rings (SSSR count). The van der Waals surface area contributed by atoms with Crippen LogP contribution in [-0.2, 0) is 22.9 Å². The SMILES string of the molecule is Cc1c(C(=O)OC(C)(C)C)nc(C(C)(C)C)n1Cc1cccc(C=O)c1C(F)(F)F. The van der Waals surface area contributed by atoms with Crippen LogP contribution in [0.3, 0.4) is 0 Å². The van der Waals surface area contributed by atoms with Crippen LogP contribution in [0.2, 0.25) is 0 Å². The third kappa shape index (κ3) is 5.09. The number of alkyl halides is 3. The summed E-state index contributed by atoms with van der Waals surface area (Å²) in [4.78, 5) is 28.3. The van der Waals surface area contributed by atoms with E-state index >= 15 is 0 Å². The van der Waals surface area contributed by atoms with E-state index in [9.17, 15) is 22.8 Å². The van der Waals surface area contributed by atoms with Gasteiger partial charge in [-0.2, -0.15) is 13.2 Å². The van der Waals surface area contributed by atoms with Crippen LogP contribution in [0, 0.1) is 6.92 Å². The highest BCUT2D eigenvalue weighted by Crippen LogP contribution is 2.36. The van der Waals surface area contributed by atoms with Crippen molar-refractivity contribution in [2.75, 3.05) is 0 Å². The molecule has 8 heteroatoms. The Morgan fingerprint density at radius 1 is 1.13 bits per heavy atom. The van der Waals surface area contributed by atoms with Crippen molar-refractivity contribution in [1.29, 1.82) is 0 Å². The standard InChI is InChI=1S/C22H27F3N2O3/c1-13-17(18(29)30-21(5,6)7)26-19(20(2,3)4)27(13)11-14-9-8-10-15(12-28)16(14)22(23,24)25/h8-10,12H,11H2,1-7H3. The summed E-state index contributed by atoms with van der Waals surface area (Å²) in [6.45, 7) is 12.2. The van der Waals surface area contributed by atoms with Crippen molar-refractivity contribution in [2.45, 2.75) is 72.2 Å².